The molecular formula is C12H21N3O5S. The summed E-state index contributed by atoms with van der Waals surface area (Å²) in [5.41, 5.74) is 5.05. The molecule has 0 bridgehead atoms. The Bertz CT molecular complexity index is 393. The van der Waals surface area contributed by atoms with Gasteiger partial charge in [-0.2, -0.15) is 11.8 Å². The Labute approximate surface area is 127 Å². The second kappa shape index (κ2) is 8.73. The van der Waals surface area contributed by atoms with Gasteiger partial charge in [0.25, 0.3) is 0 Å². The van der Waals surface area contributed by atoms with Crippen LogP contribution in [0.4, 0.5) is 4.79 Å². The van der Waals surface area contributed by atoms with Gasteiger partial charge in [-0.05, 0) is 31.3 Å². The van der Waals surface area contributed by atoms with Gasteiger partial charge in [0.1, 0.15) is 6.04 Å². The average Bonchev–Trinajstić information content (AvgIpc) is 2.89. The van der Waals surface area contributed by atoms with Crippen LogP contribution in [-0.4, -0.2) is 59.8 Å². The van der Waals surface area contributed by atoms with Gasteiger partial charge in [0.2, 0.25) is 5.91 Å². The number of hydrogen-bond donors (Lipinski definition) is 4. The van der Waals surface area contributed by atoms with Crippen molar-refractivity contribution < 1.29 is 24.2 Å². The second-order valence-electron chi connectivity index (χ2n) is 4.75. The molecule has 3 unspecified atom stereocenters. The second-order valence-corrected chi connectivity index (χ2v) is 5.74. The third-order valence-electron chi connectivity index (χ3n) is 3.13. The molecule has 3 amide bonds. The van der Waals surface area contributed by atoms with Gasteiger partial charge < -0.3 is 26.2 Å². The van der Waals surface area contributed by atoms with E-state index < -0.39 is 24.1 Å². The Kier molecular flexibility index (Phi) is 7.30. The fourth-order valence-corrected chi connectivity index (χ4v) is 2.52. The zero-order valence-electron chi connectivity index (χ0n) is 11.8. The molecule has 21 heavy (non-hydrogen) atoms. The minimum Gasteiger partial charge on any atom is -0.479 e. The van der Waals surface area contributed by atoms with E-state index in [0.717, 1.165) is 0 Å². The lowest BCUT2D eigenvalue weighted by Crippen LogP contribution is -2.50. The first-order valence-corrected chi connectivity index (χ1v) is 8.04. The number of ether oxygens (including phenoxy) is 1. The van der Waals surface area contributed by atoms with E-state index in [1.54, 1.807) is 11.8 Å². The van der Waals surface area contributed by atoms with Gasteiger partial charge in [-0.1, -0.05) is 0 Å². The van der Waals surface area contributed by atoms with Crippen molar-refractivity contribution in [2.24, 2.45) is 5.73 Å². The van der Waals surface area contributed by atoms with Gasteiger partial charge in [0.15, 0.2) is 6.10 Å². The topological polar surface area (TPSA) is 131 Å². The smallest absolute Gasteiger partial charge is 0.332 e. The number of rotatable bonds is 8. The third kappa shape index (κ3) is 6.21. The van der Waals surface area contributed by atoms with Gasteiger partial charge in [0.05, 0.1) is 6.10 Å². The molecule has 0 aliphatic carbocycles. The Balaban J connectivity index is 2.39. The average molecular weight is 319 g/mol. The zero-order valence-corrected chi connectivity index (χ0v) is 12.6. The Morgan fingerprint density at radius 1 is 1.43 bits per heavy atom. The van der Waals surface area contributed by atoms with Crippen molar-refractivity contribution >= 4 is 29.7 Å². The Morgan fingerprint density at radius 2 is 2.14 bits per heavy atom. The number of carbonyl (C=O) groups excluding carboxylic acids is 2. The Hall–Kier alpha value is -1.48. The van der Waals surface area contributed by atoms with Crippen LogP contribution in [0.25, 0.3) is 0 Å². The number of hydrogen-bond acceptors (Lipinski definition) is 5. The van der Waals surface area contributed by atoms with Crippen LogP contribution >= 0.6 is 11.8 Å². The van der Waals surface area contributed by atoms with Crippen LogP contribution in [0.5, 0.6) is 0 Å². The van der Waals surface area contributed by atoms with E-state index in [1.807, 2.05) is 6.26 Å². The van der Waals surface area contributed by atoms with Crippen molar-refractivity contribution in [2.45, 2.75) is 37.5 Å². The molecule has 1 heterocycles. The SMILES string of the molecule is CSCCC(NC(N)=O)C(=O)NCC1CCC(C(=O)O)O1. The normalized spacial score (nSPS) is 22.5. The highest BCUT2D eigenvalue weighted by Gasteiger charge is 2.31. The molecule has 9 heteroatoms. The highest BCUT2D eigenvalue weighted by Crippen LogP contribution is 2.19. The largest absolute Gasteiger partial charge is 0.479 e. The number of amides is 3. The van der Waals surface area contributed by atoms with Crippen molar-refractivity contribution in [2.75, 3.05) is 18.6 Å². The van der Waals surface area contributed by atoms with Gasteiger partial charge in [-0.15, -0.1) is 0 Å². The molecule has 120 valence electrons. The van der Waals surface area contributed by atoms with Crippen molar-refractivity contribution in [3.8, 4) is 0 Å². The molecule has 1 fully saturated rings. The van der Waals surface area contributed by atoms with E-state index in [-0.39, 0.29) is 18.6 Å². The molecule has 1 aliphatic heterocycles. The maximum Gasteiger partial charge on any atom is 0.332 e. The summed E-state index contributed by atoms with van der Waals surface area (Å²) >= 11 is 1.56. The predicted octanol–water partition coefficient (Wildman–Crippen LogP) is -0.475. The van der Waals surface area contributed by atoms with Crippen LogP contribution in [-0.2, 0) is 14.3 Å². The summed E-state index contributed by atoms with van der Waals surface area (Å²) in [7, 11) is 0. The zero-order chi connectivity index (χ0) is 15.8. The quantitative estimate of drug-likeness (QED) is 0.478. The summed E-state index contributed by atoms with van der Waals surface area (Å²) in [6, 6.07) is -1.44. The highest BCUT2D eigenvalue weighted by atomic mass is 32.2. The fourth-order valence-electron chi connectivity index (χ4n) is 2.05. The number of nitrogens with two attached hydrogens (primary N) is 1. The lowest BCUT2D eigenvalue weighted by atomic mass is 10.2. The van der Waals surface area contributed by atoms with E-state index >= 15 is 0 Å². The van der Waals surface area contributed by atoms with Crippen molar-refractivity contribution in [3.05, 3.63) is 0 Å². The van der Waals surface area contributed by atoms with Gasteiger partial charge in [-0.25, -0.2) is 9.59 Å². The molecule has 1 rings (SSSR count). The lowest BCUT2D eigenvalue weighted by molar-refractivity contribution is -0.149. The summed E-state index contributed by atoms with van der Waals surface area (Å²) in [4.78, 5) is 33.6. The van der Waals surface area contributed by atoms with Crippen LogP contribution in [0.15, 0.2) is 0 Å². The number of aliphatic carboxylic acids is 1. The van der Waals surface area contributed by atoms with E-state index in [0.29, 0.717) is 25.0 Å². The molecule has 0 radical (unpaired) electrons. The summed E-state index contributed by atoms with van der Waals surface area (Å²) in [6.45, 7) is 0.221. The summed E-state index contributed by atoms with van der Waals surface area (Å²) < 4.78 is 5.28. The van der Waals surface area contributed by atoms with Crippen LogP contribution in [0.1, 0.15) is 19.3 Å². The lowest BCUT2D eigenvalue weighted by Gasteiger charge is -2.18. The molecule has 0 aromatic rings. The molecule has 3 atom stereocenters. The molecule has 0 spiro atoms. The molecule has 1 aliphatic rings. The summed E-state index contributed by atoms with van der Waals surface area (Å²) in [6.07, 6.45) is 2.27. The number of nitrogens with one attached hydrogen (secondary N) is 2. The first-order chi connectivity index (χ1) is 9.93. The summed E-state index contributed by atoms with van der Waals surface area (Å²) in [5.74, 6) is -0.623. The number of carbonyl (C=O) groups is 3. The van der Waals surface area contributed by atoms with Gasteiger partial charge in [0, 0.05) is 6.54 Å². The van der Waals surface area contributed by atoms with Crippen LogP contribution < -0.4 is 16.4 Å². The van der Waals surface area contributed by atoms with Crippen LogP contribution in [0, 0.1) is 0 Å². The molecule has 0 aromatic heterocycles. The molecule has 0 saturated carbocycles. The summed E-state index contributed by atoms with van der Waals surface area (Å²) in [5, 5.41) is 13.9. The number of urea groups is 1. The van der Waals surface area contributed by atoms with Gasteiger partial charge in [-0.3, -0.25) is 4.79 Å². The van der Waals surface area contributed by atoms with Crippen LogP contribution in [0.2, 0.25) is 0 Å². The van der Waals surface area contributed by atoms with Crippen molar-refractivity contribution in [3.63, 3.8) is 0 Å². The molecule has 0 aromatic carbocycles. The minimum absolute atomic E-state index is 0.221. The van der Waals surface area contributed by atoms with E-state index in [9.17, 15) is 14.4 Å². The number of primary amides is 1. The van der Waals surface area contributed by atoms with E-state index in [1.165, 1.54) is 0 Å². The van der Waals surface area contributed by atoms with Gasteiger partial charge >= 0.3 is 12.0 Å². The number of carboxylic acids is 1. The fraction of sp³-hybridized carbons (Fsp3) is 0.750. The van der Waals surface area contributed by atoms with Crippen molar-refractivity contribution in [1.29, 1.82) is 0 Å². The monoisotopic (exact) mass is 319 g/mol. The first-order valence-electron chi connectivity index (χ1n) is 6.65. The first kappa shape index (κ1) is 17.6. The van der Waals surface area contributed by atoms with Crippen molar-refractivity contribution in [1.82, 2.24) is 10.6 Å². The van der Waals surface area contributed by atoms with Crippen LogP contribution in [0.3, 0.4) is 0 Å². The maximum atomic E-state index is 12.0. The Morgan fingerprint density at radius 3 is 2.67 bits per heavy atom. The predicted molar refractivity (Wildman–Crippen MR) is 78.0 cm³/mol. The van der Waals surface area contributed by atoms with E-state index in [2.05, 4.69) is 10.6 Å². The number of thioether (sulfide) groups is 1. The highest BCUT2D eigenvalue weighted by molar-refractivity contribution is 7.98. The van der Waals surface area contributed by atoms with E-state index in [4.69, 9.17) is 15.6 Å². The minimum atomic E-state index is -0.989. The maximum absolute atomic E-state index is 12.0. The molecule has 5 N–H and O–H groups in total. The molecule has 1 saturated heterocycles. The third-order valence-corrected chi connectivity index (χ3v) is 3.77. The number of carboxylic acid groups (broad SMARTS) is 1. The molecular weight excluding hydrogens is 298 g/mol. The standard InChI is InChI=1S/C12H21N3O5S/c1-21-5-4-8(15-12(13)19)10(16)14-6-7-2-3-9(20-7)11(17)18/h7-9H,2-6H2,1H3,(H,14,16)(H,17,18)(H3,13,15,19). The molecule has 8 nitrogen and oxygen atoms in total.